The predicted molar refractivity (Wildman–Crippen MR) is 75.3 cm³/mol. The summed E-state index contributed by atoms with van der Waals surface area (Å²) in [7, 11) is 0. The first-order valence-corrected chi connectivity index (χ1v) is 7.67. The van der Waals surface area contributed by atoms with Gasteiger partial charge in [0.2, 0.25) is 0 Å². The summed E-state index contributed by atoms with van der Waals surface area (Å²) >= 11 is 1.50. The third-order valence-corrected chi connectivity index (χ3v) is 5.11. The minimum absolute atomic E-state index is 0.159. The van der Waals surface area contributed by atoms with Gasteiger partial charge in [0.05, 0.1) is 5.56 Å². The molecule has 0 radical (unpaired) electrons. The van der Waals surface area contributed by atoms with Gasteiger partial charge in [-0.2, -0.15) is 0 Å². The van der Waals surface area contributed by atoms with Crippen LogP contribution in [0.3, 0.4) is 0 Å². The van der Waals surface area contributed by atoms with Crippen LogP contribution < -0.4 is 0 Å². The molecule has 1 aliphatic rings. The molecule has 2 unspecified atom stereocenters. The lowest BCUT2D eigenvalue weighted by Crippen LogP contribution is -2.17. The minimum atomic E-state index is -1.00. The van der Waals surface area contributed by atoms with Gasteiger partial charge >= 0.3 is 5.97 Å². The highest BCUT2D eigenvalue weighted by molar-refractivity contribution is 8.00. The highest BCUT2D eigenvalue weighted by atomic mass is 32.2. The molecule has 0 aliphatic heterocycles. The van der Waals surface area contributed by atoms with E-state index in [0.717, 1.165) is 18.8 Å². The van der Waals surface area contributed by atoms with Gasteiger partial charge in [-0.15, -0.1) is 11.8 Å². The normalized spacial score (nSPS) is 23.3. The summed E-state index contributed by atoms with van der Waals surface area (Å²) in [5.41, 5.74) is 0.159. The van der Waals surface area contributed by atoms with E-state index in [-0.39, 0.29) is 11.4 Å². The number of carboxylic acids is 1. The van der Waals surface area contributed by atoms with Crippen LogP contribution in [0.1, 0.15) is 49.4 Å². The Balaban J connectivity index is 2.09. The van der Waals surface area contributed by atoms with Crippen LogP contribution in [0.15, 0.2) is 23.1 Å². The van der Waals surface area contributed by atoms with Crippen LogP contribution in [-0.2, 0) is 0 Å². The molecule has 2 atom stereocenters. The maximum absolute atomic E-state index is 13.8. The van der Waals surface area contributed by atoms with Crippen molar-refractivity contribution in [3.05, 3.63) is 29.6 Å². The molecule has 104 valence electrons. The minimum Gasteiger partial charge on any atom is -0.478 e. The first-order valence-electron chi connectivity index (χ1n) is 6.79. The smallest absolute Gasteiger partial charge is 0.335 e. The van der Waals surface area contributed by atoms with Crippen molar-refractivity contribution in [2.45, 2.75) is 49.2 Å². The molecule has 1 N–H and O–H groups in total. The lowest BCUT2D eigenvalue weighted by molar-refractivity contribution is 0.0696. The van der Waals surface area contributed by atoms with Gasteiger partial charge in [-0.1, -0.05) is 26.2 Å². The fraction of sp³-hybridized carbons (Fsp3) is 0.533. The number of halogens is 1. The van der Waals surface area contributed by atoms with E-state index in [1.807, 2.05) is 0 Å². The molecule has 0 amide bonds. The van der Waals surface area contributed by atoms with E-state index < -0.39 is 5.97 Å². The van der Waals surface area contributed by atoms with Crippen molar-refractivity contribution in [1.82, 2.24) is 0 Å². The van der Waals surface area contributed by atoms with Crippen molar-refractivity contribution in [2.24, 2.45) is 5.92 Å². The van der Waals surface area contributed by atoms with Gasteiger partial charge in [0.25, 0.3) is 0 Å². The quantitative estimate of drug-likeness (QED) is 0.878. The molecule has 0 aromatic heterocycles. The number of rotatable bonds is 4. The molecule has 0 saturated heterocycles. The second-order valence-electron chi connectivity index (χ2n) is 5.13. The van der Waals surface area contributed by atoms with Crippen LogP contribution in [0.4, 0.5) is 4.39 Å². The maximum Gasteiger partial charge on any atom is 0.335 e. The van der Waals surface area contributed by atoms with E-state index >= 15 is 0 Å². The number of carboxylic acid groups (broad SMARTS) is 1. The molecule has 1 aromatic rings. The Bertz CT molecular complexity index is 461. The van der Waals surface area contributed by atoms with Gasteiger partial charge in [0, 0.05) is 10.1 Å². The van der Waals surface area contributed by atoms with E-state index in [1.165, 1.54) is 49.2 Å². The number of thioether (sulfide) groups is 1. The van der Waals surface area contributed by atoms with Crippen molar-refractivity contribution >= 4 is 17.7 Å². The first-order chi connectivity index (χ1) is 9.10. The summed E-state index contributed by atoms with van der Waals surface area (Å²) in [6, 6.07) is 4.03. The average Bonchev–Trinajstić information content (AvgIpc) is 2.41. The summed E-state index contributed by atoms with van der Waals surface area (Å²) < 4.78 is 13.8. The van der Waals surface area contributed by atoms with Crippen molar-refractivity contribution in [3.8, 4) is 0 Å². The Morgan fingerprint density at radius 1 is 1.47 bits per heavy atom. The Morgan fingerprint density at radius 3 is 2.95 bits per heavy atom. The lowest BCUT2D eigenvalue weighted by Gasteiger charge is -2.28. The summed E-state index contributed by atoms with van der Waals surface area (Å²) in [5, 5.41) is 9.37. The molecule has 1 saturated carbocycles. The van der Waals surface area contributed by atoms with Crippen molar-refractivity contribution in [2.75, 3.05) is 0 Å². The molecule has 4 heteroatoms. The van der Waals surface area contributed by atoms with E-state index in [1.54, 1.807) is 0 Å². The Hall–Kier alpha value is -1.03. The topological polar surface area (TPSA) is 37.3 Å². The Kier molecular flexibility index (Phi) is 4.86. The number of benzene rings is 1. The predicted octanol–water partition coefficient (Wildman–Crippen LogP) is 4.58. The SMILES string of the molecule is CCC1CCCC(Sc2cc(C(=O)O)ccc2F)C1. The van der Waals surface area contributed by atoms with Crippen molar-refractivity contribution in [1.29, 1.82) is 0 Å². The zero-order valence-corrected chi connectivity index (χ0v) is 11.9. The molecule has 2 rings (SSSR count). The molecule has 1 fully saturated rings. The van der Waals surface area contributed by atoms with Gasteiger partial charge in [0.15, 0.2) is 0 Å². The van der Waals surface area contributed by atoms with Crippen LogP contribution in [0.5, 0.6) is 0 Å². The van der Waals surface area contributed by atoms with Gasteiger partial charge < -0.3 is 5.11 Å². The van der Waals surface area contributed by atoms with E-state index in [4.69, 9.17) is 5.11 Å². The van der Waals surface area contributed by atoms with Gasteiger partial charge in [-0.25, -0.2) is 9.18 Å². The van der Waals surface area contributed by atoms with Crippen molar-refractivity contribution < 1.29 is 14.3 Å². The monoisotopic (exact) mass is 282 g/mol. The zero-order chi connectivity index (χ0) is 13.8. The van der Waals surface area contributed by atoms with E-state index in [9.17, 15) is 9.18 Å². The maximum atomic E-state index is 13.8. The summed E-state index contributed by atoms with van der Waals surface area (Å²) in [5.74, 6) is -0.581. The third kappa shape index (κ3) is 3.72. The molecule has 1 aromatic carbocycles. The number of hydrogen-bond donors (Lipinski definition) is 1. The van der Waals surface area contributed by atoms with Crippen LogP contribution in [-0.4, -0.2) is 16.3 Å². The molecule has 0 bridgehead atoms. The fourth-order valence-electron chi connectivity index (χ4n) is 2.63. The zero-order valence-electron chi connectivity index (χ0n) is 11.1. The average molecular weight is 282 g/mol. The van der Waals surface area contributed by atoms with Gasteiger partial charge in [0.1, 0.15) is 5.82 Å². The molecule has 2 nitrogen and oxygen atoms in total. The standard InChI is InChI=1S/C15H19FO2S/c1-2-10-4-3-5-12(8-10)19-14-9-11(15(17)18)6-7-13(14)16/h6-7,9-10,12H,2-5,8H2,1H3,(H,17,18). The third-order valence-electron chi connectivity index (χ3n) is 3.78. The van der Waals surface area contributed by atoms with Gasteiger partial charge in [-0.3, -0.25) is 0 Å². The molecule has 1 aliphatic carbocycles. The Labute approximate surface area is 117 Å². The number of carbonyl (C=O) groups is 1. The largest absolute Gasteiger partial charge is 0.478 e. The van der Waals surface area contributed by atoms with Crippen LogP contribution in [0.25, 0.3) is 0 Å². The summed E-state index contributed by atoms with van der Waals surface area (Å²) in [6.45, 7) is 2.20. The fourth-order valence-corrected chi connectivity index (χ4v) is 4.01. The van der Waals surface area contributed by atoms with Crippen LogP contribution in [0.2, 0.25) is 0 Å². The highest BCUT2D eigenvalue weighted by Gasteiger charge is 2.23. The van der Waals surface area contributed by atoms with E-state index in [0.29, 0.717) is 10.1 Å². The second kappa shape index (κ2) is 6.42. The Morgan fingerprint density at radius 2 is 2.26 bits per heavy atom. The molecule has 19 heavy (non-hydrogen) atoms. The highest BCUT2D eigenvalue weighted by Crippen LogP contribution is 2.38. The molecule has 0 heterocycles. The lowest BCUT2D eigenvalue weighted by atomic mass is 9.87. The first kappa shape index (κ1) is 14.4. The molecular weight excluding hydrogens is 263 g/mol. The van der Waals surface area contributed by atoms with Crippen molar-refractivity contribution in [3.63, 3.8) is 0 Å². The molecular formula is C15H19FO2S. The molecule has 0 spiro atoms. The van der Waals surface area contributed by atoms with Crippen LogP contribution >= 0.6 is 11.8 Å². The number of aromatic carboxylic acids is 1. The second-order valence-corrected chi connectivity index (χ2v) is 6.47. The summed E-state index contributed by atoms with van der Waals surface area (Å²) in [6.07, 6.45) is 5.84. The van der Waals surface area contributed by atoms with Gasteiger partial charge in [-0.05, 0) is 37.0 Å². The van der Waals surface area contributed by atoms with E-state index in [2.05, 4.69) is 6.92 Å². The summed E-state index contributed by atoms with van der Waals surface area (Å²) in [4.78, 5) is 11.4. The van der Waals surface area contributed by atoms with Crippen LogP contribution in [0, 0.1) is 11.7 Å². The number of hydrogen-bond acceptors (Lipinski definition) is 2.